The van der Waals surface area contributed by atoms with Gasteiger partial charge >= 0.3 is 33.0 Å². The van der Waals surface area contributed by atoms with Crippen LogP contribution in [0.4, 0.5) is 0 Å². The molecule has 0 N–H and O–H groups in total. The van der Waals surface area contributed by atoms with Crippen molar-refractivity contribution in [2.45, 2.75) is 75.5 Å². The molecule has 2 fully saturated rings. The van der Waals surface area contributed by atoms with Crippen molar-refractivity contribution >= 4 is 34.4 Å². The van der Waals surface area contributed by atoms with Crippen molar-refractivity contribution in [1.29, 1.82) is 0 Å². The molecule has 25 heavy (non-hydrogen) atoms. The molecule has 0 unspecified atom stereocenters. The van der Waals surface area contributed by atoms with Gasteiger partial charge in [0, 0.05) is 0 Å². The van der Waals surface area contributed by atoms with E-state index in [0.29, 0.717) is 12.7 Å². The van der Waals surface area contributed by atoms with E-state index in [1.54, 1.807) is 0 Å². The first-order valence-electron chi connectivity index (χ1n) is 9.65. The molecule has 0 atom stereocenters. The first-order chi connectivity index (χ1) is 12.3. The third kappa shape index (κ3) is 8.34. The molecule has 0 nitrogen and oxygen atoms in total. The van der Waals surface area contributed by atoms with Crippen LogP contribution in [0.1, 0.15) is 69.8 Å². The van der Waals surface area contributed by atoms with Gasteiger partial charge in [-0.15, -0.1) is 0 Å². The van der Waals surface area contributed by atoms with E-state index in [-0.39, 0.29) is 7.92 Å². The summed E-state index contributed by atoms with van der Waals surface area (Å²) >= 11 is 0.569. The first kappa shape index (κ1) is 21.8. The summed E-state index contributed by atoms with van der Waals surface area (Å²) in [5.74, 6) is 0. The Morgan fingerprint density at radius 3 is 1.80 bits per heavy atom. The SMILES string of the molecule is C(=C\c1ccccc1)/CP(C1CCCCC1)C1CCCCC1.[Cl][Ni][Cl]. The van der Waals surface area contributed by atoms with Crippen molar-refractivity contribution in [3.05, 3.63) is 42.0 Å². The molecular weight excluding hydrogens is 413 g/mol. The van der Waals surface area contributed by atoms with Crippen LogP contribution < -0.4 is 0 Å². The van der Waals surface area contributed by atoms with E-state index in [1.165, 1.54) is 75.9 Å². The molecule has 2 saturated carbocycles. The standard InChI is InChI=1S/C21H31P.2ClH.Ni/c1-4-11-19(12-5-1)13-10-18-22(20-14-6-2-7-15-20)21-16-8-3-9-17-21;;;/h1,4-5,10-13,20-21H,2-3,6-9,14-18H2;2*1H;/q;;;+2/p-2/b13-10+;;;. The molecule has 144 valence electrons. The Kier molecular flexibility index (Phi) is 11.8. The predicted octanol–water partition coefficient (Wildman–Crippen LogP) is 8.22. The molecule has 0 bridgehead atoms. The van der Waals surface area contributed by atoms with Gasteiger partial charge in [0.15, 0.2) is 0 Å². The minimum atomic E-state index is 0.220. The Hall–Kier alpha value is 0.464. The maximum atomic E-state index is 4.70. The summed E-state index contributed by atoms with van der Waals surface area (Å²) in [5, 5.41) is 0. The van der Waals surface area contributed by atoms with Crippen LogP contribution in [0.5, 0.6) is 0 Å². The number of allylic oxidation sites excluding steroid dienone is 1. The summed E-state index contributed by atoms with van der Waals surface area (Å²) in [5.41, 5.74) is 3.52. The summed E-state index contributed by atoms with van der Waals surface area (Å²) in [6.45, 7) is 0. The average molecular weight is 444 g/mol. The molecule has 4 heteroatoms. The second kappa shape index (κ2) is 13.6. The molecule has 2 aliphatic carbocycles. The normalized spacial score (nSPS) is 20.0. The van der Waals surface area contributed by atoms with E-state index in [9.17, 15) is 0 Å². The zero-order chi connectivity index (χ0) is 17.7. The molecule has 0 heterocycles. The Morgan fingerprint density at radius 1 is 0.840 bits per heavy atom. The molecule has 0 radical (unpaired) electrons. The van der Waals surface area contributed by atoms with E-state index >= 15 is 0 Å². The van der Waals surface area contributed by atoms with Gasteiger partial charge in [-0.25, -0.2) is 0 Å². The third-order valence-corrected chi connectivity index (χ3v) is 9.05. The molecule has 0 aromatic heterocycles. The van der Waals surface area contributed by atoms with Crippen LogP contribution in [0, 0.1) is 0 Å². The Balaban J connectivity index is 0.000000701. The molecule has 1 aromatic carbocycles. The van der Waals surface area contributed by atoms with E-state index in [1.807, 2.05) is 0 Å². The summed E-state index contributed by atoms with van der Waals surface area (Å²) in [4.78, 5) is 0. The van der Waals surface area contributed by atoms with Gasteiger partial charge in [-0.1, -0.05) is 88.9 Å². The van der Waals surface area contributed by atoms with Gasteiger partial charge in [-0.3, -0.25) is 0 Å². The van der Waals surface area contributed by atoms with Crippen molar-refractivity contribution in [2.75, 3.05) is 6.16 Å². The second-order valence-electron chi connectivity index (χ2n) is 7.14. The van der Waals surface area contributed by atoms with Crippen molar-refractivity contribution in [1.82, 2.24) is 0 Å². The van der Waals surface area contributed by atoms with Crippen LogP contribution >= 0.6 is 28.3 Å². The fraction of sp³-hybridized carbons (Fsp3) is 0.619. The van der Waals surface area contributed by atoms with Crippen LogP contribution in [0.25, 0.3) is 6.08 Å². The van der Waals surface area contributed by atoms with E-state index in [2.05, 4.69) is 42.5 Å². The maximum absolute atomic E-state index is 4.70. The van der Waals surface area contributed by atoms with Crippen molar-refractivity contribution in [3.8, 4) is 0 Å². The van der Waals surface area contributed by atoms with Crippen LogP contribution in [-0.2, 0) is 12.7 Å². The molecule has 1 aromatic rings. The monoisotopic (exact) mass is 442 g/mol. The zero-order valence-electron chi connectivity index (χ0n) is 15.0. The number of rotatable bonds is 5. The molecule has 0 aliphatic heterocycles. The zero-order valence-corrected chi connectivity index (χ0v) is 18.4. The van der Waals surface area contributed by atoms with E-state index in [0.717, 1.165) is 11.3 Å². The van der Waals surface area contributed by atoms with Crippen molar-refractivity contribution in [3.63, 3.8) is 0 Å². The molecule has 0 spiro atoms. The number of hydrogen-bond donors (Lipinski definition) is 0. The summed E-state index contributed by atoms with van der Waals surface area (Å²) in [6, 6.07) is 10.8. The molecule has 0 amide bonds. The van der Waals surface area contributed by atoms with Crippen LogP contribution in [0.3, 0.4) is 0 Å². The minimum absolute atomic E-state index is 0.220. The summed E-state index contributed by atoms with van der Waals surface area (Å²) in [7, 11) is 9.62. The number of halogens is 2. The Bertz CT molecular complexity index is 450. The van der Waals surface area contributed by atoms with Gasteiger partial charge in [0.25, 0.3) is 0 Å². The van der Waals surface area contributed by atoms with Gasteiger partial charge < -0.3 is 0 Å². The quantitative estimate of drug-likeness (QED) is 0.317. The Morgan fingerprint density at radius 2 is 1.32 bits per heavy atom. The van der Waals surface area contributed by atoms with Gasteiger partial charge in [-0.05, 0) is 48.7 Å². The topological polar surface area (TPSA) is 0 Å². The van der Waals surface area contributed by atoms with Crippen LogP contribution in [-0.4, -0.2) is 17.5 Å². The average Bonchev–Trinajstić information content (AvgIpc) is 2.68. The number of benzene rings is 1. The summed E-state index contributed by atoms with van der Waals surface area (Å²) in [6.07, 6.45) is 21.3. The van der Waals surface area contributed by atoms with Gasteiger partial charge in [0.1, 0.15) is 0 Å². The number of hydrogen-bond acceptors (Lipinski definition) is 0. The molecule has 2 aliphatic rings. The van der Waals surface area contributed by atoms with E-state index < -0.39 is 0 Å². The van der Waals surface area contributed by atoms with Crippen molar-refractivity contribution in [2.24, 2.45) is 0 Å². The van der Waals surface area contributed by atoms with Crippen LogP contribution in [0.2, 0.25) is 0 Å². The summed E-state index contributed by atoms with van der Waals surface area (Å²) < 4.78 is 0. The second-order valence-corrected chi connectivity index (χ2v) is 11.6. The fourth-order valence-corrected chi connectivity index (χ4v) is 7.89. The molecule has 0 saturated heterocycles. The van der Waals surface area contributed by atoms with Gasteiger partial charge in [0.2, 0.25) is 0 Å². The van der Waals surface area contributed by atoms with Crippen LogP contribution in [0.15, 0.2) is 36.4 Å². The predicted molar refractivity (Wildman–Crippen MR) is 113 cm³/mol. The van der Waals surface area contributed by atoms with Gasteiger partial charge in [-0.2, -0.15) is 0 Å². The van der Waals surface area contributed by atoms with Crippen molar-refractivity contribution < 1.29 is 12.7 Å². The van der Waals surface area contributed by atoms with E-state index in [4.69, 9.17) is 20.4 Å². The molecule has 3 rings (SSSR count). The fourth-order valence-electron chi connectivity index (χ4n) is 4.30. The van der Waals surface area contributed by atoms with Gasteiger partial charge in [0.05, 0.1) is 0 Å². The first-order valence-corrected chi connectivity index (χ1v) is 14.0. The Labute approximate surface area is 170 Å². The third-order valence-electron chi connectivity index (χ3n) is 5.51. The molecular formula is C21H31Cl2NiP.